The Balaban J connectivity index is 1.61. The van der Waals surface area contributed by atoms with Gasteiger partial charge >= 0.3 is 0 Å². The van der Waals surface area contributed by atoms with Crippen LogP contribution in [0.25, 0.3) is 5.69 Å². The molecule has 6 heteroatoms. The molecule has 0 aliphatic carbocycles. The molecule has 2 N–H and O–H groups in total. The fourth-order valence-corrected chi connectivity index (χ4v) is 2.99. The van der Waals surface area contributed by atoms with Crippen LogP contribution in [0.1, 0.15) is 11.1 Å². The Labute approximate surface area is 166 Å². The fourth-order valence-electron chi connectivity index (χ4n) is 2.99. The standard InChI is InChI=1S/C23H18FN3O2/c24-20-13-18(6-7-22(20)29-19-8-10-26-23(25)14-19)27-11-9-21(28)17(15-27)12-16-4-2-1-3-5-16/h1-11,13-15H,12H2,(H2,25,26). The number of benzene rings is 2. The molecular formula is C23H18FN3O2. The fraction of sp³-hybridized carbons (Fsp3) is 0.0435. The molecule has 4 rings (SSSR count). The molecule has 0 aliphatic heterocycles. The zero-order valence-electron chi connectivity index (χ0n) is 15.5. The van der Waals surface area contributed by atoms with E-state index < -0.39 is 5.82 Å². The van der Waals surface area contributed by atoms with Gasteiger partial charge in [0.05, 0.1) is 0 Å². The second-order valence-electron chi connectivity index (χ2n) is 6.54. The van der Waals surface area contributed by atoms with E-state index in [1.165, 1.54) is 30.5 Å². The molecule has 0 amide bonds. The second kappa shape index (κ2) is 7.98. The van der Waals surface area contributed by atoms with Crippen LogP contribution in [-0.2, 0) is 6.42 Å². The molecule has 0 fully saturated rings. The largest absolute Gasteiger partial charge is 0.454 e. The van der Waals surface area contributed by atoms with Gasteiger partial charge in [0, 0.05) is 54.5 Å². The van der Waals surface area contributed by atoms with Crippen LogP contribution < -0.4 is 15.9 Å². The molecule has 0 atom stereocenters. The van der Waals surface area contributed by atoms with Crippen LogP contribution in [-0.4, -0.2) is 9.55 Å². The van der Waals surface area contributed by atoms with E-state index in [-0.39, 0.29) is 11.2 Å². The monoisotopic (exact) mass is 387 g/mol. The molecule has 2 heterocycles. The first-order valence-corrected chi connectivity index (χ1v) is 9.03. The minimum atomic E-state index is -0.527. The highest BCUT2D eigenvalue weighted by Crippen LogP contribution is 2.26. The average molecular weight is 387 g/mol. The smallest absolute Gasteiger partial charge is 0.185 e. The summed E-state index contributed by atoms with van der Waals surface area (Å²) in [7, 11) is 0. The third-order valence-corrected chi connectivity index (χ3v) is 4.43. The maximum Gasteiger partial charge on any atom is 0.185 e. The Morgan fingerprint density at radius 2 is 1.86 bits per heavy atom. The molecule has 0 aliphatic rings. The van der Waals surface area contributed by atoms with Gasteiger partial charge in [-0.25, -0.2) is 9.37 Å². The summed E-state index contributed by atoms with van der Waals surface area (Å²) in [6.45, 7) is 0. The van der Waals surface area contributed by atoms with Crippen LogP contribution in [0.2, 0.25) is 0 Å². The number of halogens is 1. The number of hydrogen-bond donors (Lipinski definition) is 1. The van der Waals surface area contributed by atoms with Gasteiger partial charge in [-0.1, -0.05) is 30.3 Å². The topological polar surface area (TPSA) is 70.1 Å². The van der Waals surface area contributed by atoms with Crippen molar-refractivity contribution in [3.63, 3.8) is 0 Å². The van der Waals surface area contributed by atoms with E-state index in [0.29, 0.717) is 29.2 Å². The molecular weight excluding hydrogens is 369 g/mol. The third kappa shape index (κ3) is 4.32. The lowest BCUT2D eigenvalue weighted by molar-refractivity contribution is 0.442. The molecule has 0 spiro atoms. The molecule has 0 bridgehead atoms. The van der Waals surface area contributed by atoms with E-state index in [2.05, 4.69) is 4.98 Å². The average Bonchev–Trinajstić information content (AvgIpc) is 2.72. The van der Waals surface area contributed by atoms with Crippen molar-refractivity contribution in [2.45, 2.75) is 6.42 Å². The van der Waals surface area contributed by atoms with Crippen molar-refractivity contribution < 1.29 is 9.13 Å². The minimum absolute atomic E-state index is 0.0548. The van der Waals surface area contributed by atoms with Crippen molar-refractivity contribution in [2.75, 3.05) is 5.73 Å². The van der Waals surface area contributed by atoms with Crippen LogP contribution in [0.5, 0.6) is 11.5 Å². The Kier molecular flexibility index (Phi) is 5.07. The van der Waals surface area contributed by atoms with Crippen LogP contribution in [0.3, 0.4) is 0 Å². The van der Waals surface area contributed by atoms with Crippen molar-refractivity contribution in [3.05, 3.63) is 112 Å². The van der Waals surface area contributed by atoms with Crippen LogP contribution in [0.15, 0.2) is 90.1 Å². The zero-order chi connectivity index (χ0) is 20.2. The van der Waals surface area contributed by atoms with Gasteiger partial charge in [0.25, 0.3) is 0 Å². The van der Waals surface area contributed by atoms with Gasteiger partial charge in [-0.15, -0.1) is 0 Å². The molecule has 29 heavy (non-hydrogen) atoms. The quantitative estimate of drug-likeness (QED) is 0.553. The summed E-state index contributed by atoms with van der Waals surface area (Å²) in [4.78, 5) is 16.1. The normalized spacial score (nSPS) is 10.7. The number of nitrogens with two attached hydrogens (primary N) is 1. The molecule has 0 saturated carbocycles. The van der Waals surface area contributed by atoms with Crippen molar-refractivity contribution in [2.24, 2.45) is 0 Å². The second-order valence-corrected chi connectivity index (χ2v) is 6.54. The van der Waals surface area contributed by atoms with Crippen LogP contribution >= 0.6 is 0 Å². The van der Waals surface area contributed by atoms with Crippen molar-refractivity contribution in [1.82, 2.24) is 9.55 Å². The summed E-state index contributed by atoms with van der Waals surface area (Å²) in [6, 6.07) is 18.9. The van der Waals surface area contributed by atoms with Gasteiger partial charge < -0.3 is 15.0 Å². The maximum atomic E-state index is 14.6. The van der Waals surface area contributed by atoms with Crippen LogP contribution in [0, 0.1) is 5.82 Å². The van der Waals surface area contributed by atoms with Crippen molar-refractivity contribution >= 4 is 5.82 Å². The first-order chi connectivity index (χ1) is 14.1. The molecule has 4 aromatic rings. The molecule has 5 nitrogen and oxygen atoms in total. The van der Waals surface area contributed by atoms with Gasteiger partial charge in [-0.05, 0) is 23.8 Å². The number of pyridine rings is 2. The maximum absolute atomic E-state index is 14.6. The number of hydrogen-bond acceptors (Lipinski definition) is 4. The number of nitrogen functional groups attached to an aromatic ring is 1. The SMILES string of the molecule is Nc1cc(Oc2ccc(-n3ccc(=O)c(Cc4ccccc4)c3)cc2F)ccn1. The summed E-state index contributed by atoms with van der Waals surface area (Å²) < 4.78 is 21.9. The van der Waals surface area contributed by atoms with E-state index >= 15 is 0 Å². The Morgan fingerprint density at radius 3 is 2.62 bits per heavy atom. The Morgan fingerprint density at radius 1 is 1.03 bits per heavy atom. The summed E-state index contributed by atoms with van der Waals surface area (Å²) in [5.74, 6) is 0.238. The van der Waals surface area contributed by atoms with E-state index in [9.17, 15) is 9.18 Å². The molecule has 144 valence electrons. The first-order valence-electron chi connectivity index (χ1n) is 9.03. The number of ether oxygens (including phenoxy) is 1. The summed E-state index contributed by atoms with van der Waals surface area (Å²) in [6.07, 6.45) is 5.35. The van der Waals surface area contributed by atoms with Gasteiger partial charge in [0.15, 0.2) is 17.0 Å². The molecule has 2 aromatic carbocycles. The van der Waals surface area contributed by atoms with Gasteiger partial charge in [-0.3, -0.25) is 4.79 Å². The Bertz CT molecular complexity index is 1210. The third-order valence-electron chi connectivity index (χ3n) is 4.43. The lowest BCUT2D eigenvalue weighted by Gasteiger charge is -2.12. The number of anilines is 1. The highest BCUT2D eigenvalue weighted by molar-refractivity contribution is 5.43. The van der Waals surface area contributed by atoms with Gasteiger partial charge in [0.1, 0.15) is 11.6 Å². The summed E-state index contributed by atoms with van der Waals surface area (Å²) in [5.41, 5.74) is 7.81. The van der Waals surface area contributed by atoms with Gasteiger partial charge in [-0.2, -0.15) is 0 Å². The number of rotatable bonds is 5. The molecule has 0 saturated heterocycles. The minimum Gasteiger partial charge on any atom is -0.454 e. The first kappa shape index (κ1) is 18.4. The van der Waals surface area contributed by atoms with E-state index in [4.69, 9.17) is 10.5 Å². The highest BCUT2D eigenvalue weighted by atomic mass is 19.1. The zero-order valence-corrected chi connectivity index (χ0v) is 15.5. The number of aromatic nitrogens is 2. The molecule has 0 radical (unpaired) electrons. The highest BCUT2D eigenvalue weighted by Gasteiger charge is 2.09. The van der Waals surface area contributed by atoms with Gasteiger partial charge in [0.2, 0.25) is 0 Å². The molecule has 2 aromatic heterocycles. The summed E-state index contributed by atoms with van der Waals surface area (Å²) in [5, 5.41) is 0. The predicted octanol–water partition coefficient (Wildman–Crippen LogP) is 4.34. The van der Waals surface area contributed by atoms with Crippen molar-refractivity contribution in [1.29, 1.82) is 0 Å². The van der Waals surface area contributed by atoms with E-state index in [0.717, 1.165) is 5.56 Å². The molecule has 0 unspecified atom stereocenters. The van der Waals surface area contributed by atoms with E-state index in [1.54, 1.807) is 29.1 Å². The Hall–Kier alpha value is -3.93. The lowest BCUT2D eigenvalue weighted by atomic mass is 10.1. The lowest BCUT2D eigenvalue weighted by Crippen LogP contribution is -2.11. The van der Waals surface area contributed by atoms with Crippen molar-refractivity contribution in [3.8, 4) is 17.2 Å². The van der Waals surface area contributed by atoms with E-state index in [1.807, 2.05) is 30.3 Å². The summed E-state index contributed by atoms with van der Waals surface area (Å²) >= 11 is 0. The number of nitrogens with zero attached hydrogens (tertiary/aromatic N) is 2. The predicted molar refractivity (Wildman–Crippen MR) is 110 cm³/mol. The van der Waals surface area contributed by atoms with Crippen LogP contribution in [0.4, 0.5) is 10.2 Å².